The zero-order valence-electron chi connectivity index (χ0n) is 20.9. The number of benzene rings is 1. The molecule has 1 amide bonds. The Hall–Kier alpha value is -3.59. The molecule has 3 heterocycles. The van der Waals surface area contributed by atoms with Crippen LogP contribution in [0.5, 0.6) is 0 Å². The average Bonchev–Trinajstić information content (AvgIpc) is 3.72. The van der Waals surface area contributed by atoms with Gasteiger partial charge in [0.2, 0.25) is 21.8 Å². The maximum atomic E-state index is 14.7. The van der Waals surface area contributed by atoms with Gasteiger partial charge in [0, 0.05) is 30.3 Å². The summed E-state index contributed by atoms with van der Waals surface area (Å²) in [5.74, 6) is -2.20. The summed E-state index contributed by atoms with van der Waals surface area (Å²) in [7, 11) is -4.33. The van der Waals surface area contributed by atoms with E-state index in [1.54, 1.807) is 0 Å². The van der Waals surface area contributed by atoms with Crippen LogP contribution in [0.3, 0.4) is 0 Å². The van der Waals surface area contributed by atoms with Crippen LogP contribution in [0.1, 0.15) is 49.4 Å². The molecule has 2 aromatic heterocycles. The third-order valence-electron chi connectivity index (χ3n) is 6.76. The fourth-order valence-corrected chi connectivity index (χ4v) is 6.29. The van der Waals surface area contributed by atoms with E-state index in [1.807, 2.05) is 0 Å². The minimum Gasteiger partial charge on any atom is -0.349 e. The van der Waals surface area contributed by atoms with E-state index < -0.39 is 52.0 Å². The van der Waals surface area contributed by atoms with Gasteiger partial charge in [-0.1, -0.05) is 0 Å². The minimum absolute atomic E-state index is 0.0593. The van der Waals surface area contributed by atoms with Gasteiger partial charge in [-0.05, 0) is 50.1 Å². The van der Waals surface area contributed by atoms with E-state index in [0.717, 1.165) is 53.8 Å². The summed E-state index contributed by atoms with van der Waals surface area (Å²) >= 11 is 0. The van der Waals surface area contributed by atoms with Gasteiger partial charge < -0.3 is 5.32 Å². The molecule has 2 aliphatic rings. The van der Waals surface area contributed by atoms with Crippen LogP contribution in [0.25, 0.3) is 11.3 Å². The van der Waals surface area contributed by atoms with Gasteiger partial charge >= 0.3 is 6.18 Å². The number of alkyl halides is 4. The first kappa shape index (κ1) is 28.0. The second-order valence-electron chi connectivity index (χ2n) is 9.68. The number of aromatic nitrogens is 4. The summed E-state index contributed by atoms with van der Waals surface area (Å²) in [5, 5.41) is 2.60. The van der Waals surface area contributed by atoms with Crippen LogP contribution in [0.4, 0.5) is 22.0 Å². The predicted octanol–water partition coefficient (Wildman–Crippen LogP) is 3.77. The van der Waals surface area contributed by atoms with Crippen LogP contribution < -0.4 is 5.32 Å². The minimum atomic E-state index is -4.70. The zero-order valence-corrected chi connectivity index (χ0v) is 21.8. The molecule has 1 aliphatic heterocycles. The Morgan fingerprint density at radius 3 is 2.35 bits per heavy atom. The lowest BCUT2D eigenvalue weighted by atomic mass is 10.1. The van der Waals surface area contributed by atoms with Gasteiger partial charge in [0.15, 0.2) is 0 Å². The van der Waals surface area contributed by atoms with Crippen LogP contribution in [0.2, 0.25) is 0 Å². The number of carbonyl (C=O) groups is 1. The molecule has 3 atom stereocenters. The van der Waals surface area contributed by atoms with Crippen molar-refractivity contribution in [1.82, 2.24) is 29.6 Å². The van der Waals surface area contributed by atoms with Crippen molar-refractivity contribution in [2.75, 3.05) is 0 Å². The van der Waals surface area contributed by atoms with E-state index in [0.29, 0.717) is 11.5 Å². The van der Waals surface area contributed by atoms with E-state index in [-0.39, 0.29) is 35.0 Å². The van der Waals surface area contributed by atoms with Crippen molar-refractivity contribution in [2.45, 2.75) is 68.0 Å². The van der Waals surface area contributed by atoms with Gasteiger partial charge in [-0.3, -0.25) is 4.79 Å². The van der Waals surface area contributed by atoms with Gasteiger partial charge in [-0.15, -0.1) is 0 Å². The largest absolute Gasteiger partial charge is 0.451 e. The maximum Gasteiger partial charge on any atom is 0.451 e. The van der Waals surface area contributed by atoms with E-state index in [1.165, 1.54) is 13.0 Å². The molecule has 15 heteroatoms. The Kier molecular flexibility index (Phi) is 7.29. The lowest BCUT2D eigenvalue weighted by Gasteiger charge is -2.26. The number of hydrogen-bond acceptors (Lipinski definition) is 7. The summed E-state index contributed by atoms with van der Waals surface area (Å²) in [6.07, 6.45) is -3.04. The van der Waals surface area contributed by atoms with Crippen LogP contribution in [0.15, 0.2) is 47.6 Å². The standard InChI is InChI=1S/C25H23F5N6O3S/c1-13-19(27)9-21(36(13)40(38,39)18-6-4-16(26)5-7-18)23(37)31-12-17-8-20(35-22(34-17)14-2-3-14)15-10-32-24(33-11-15)25(28,29)30/h4-8,10-11,13-14,19,21H,2-3,9,12H2,1H3,(H,31,37)/t13-,19+,21-/m0/s1. The number of hydrogen-bond donors (Lipinski definition) is 1. The van der Waals surface area contributed by atoms with Crippen molar-refractivity contribution in [1.29, 1.82) is 0 Å². The molecule has 3 aromatic rings. The van der Waals surface area contributed by atoms with Crippen LogP contribution in [-0.2, 0) is 27.5 Å². The Labute approximate surface area is 225 Å². The molecule has 40 heavy (non-hydrogen) atoms. The van der Waals surface area contributed by atoms with Gasteiger partial charge in [-0.2, -0.15) is 17.5 Å². The van der Waals surface area contributed by atoms with Crippen molar-refractivity contribution >= 4 is 15.9 Å². The molecule has 1 N–H and O–H groups in total. The fourth-order valence-electron chi connectivity index (χ4n) is 4.48. The van der Waals surface area contributed by atoms with Gasteiger partial charge in [0.1, 0.15) is 23.9 Å². The Bertz CT molecular complexity index is 1520. The lowest BCUT2D eigenvalue weighted by molar-refractivity contribution is -0.145. The van der Waals surface area contributed by atoms with Crippen LogP contribution >= 0.6 is 0 Å². The summed E-state index contributed by atoms with van der Waals surface area (Å²) in [6, 6.07) is 2.96. The number of amides is 1. The van der Waals surface area contributed by atoms with Crippen LogP contribution in [-0.4, -0.2) is 56.8 Å². The molecule has 9 nitrogen and oxygen atoms in total. The van der Waals surface area contributed by atoms with Gasteiger partial charge in [0.05, 0.1) is 28.9 Å². The van der Waals surface area contributed by atoms with Crippen molar-refractivity contribution in [3.63, 3.8) is 0 Å². The molecule has 1 aromatic carbocycles. The van der Waals surface area contributed by atoms with Crippen LogP contribution in [0, 0.1) is 5.82 Å². The zero-order chi connectivity index (χ0) is 28.8. The Balaban J connectivity index is 1.37. The molecule has 0 radical (unpaired) electrons. The molecule has 0 spiro atoms. The molecule has 1 saturated heterocycles. The molecule has 1 saturated carbocycles. The van der Waals surface area contributed by atoms with Gasteiger partial charge in [-0.25, -0.2) is 37.1 Å². The number of nitrogens with one attached hydrogen (secondary N) is 1. The average molecular weight is 583 g/mol. The second kappa shape index (κ2) is 10.4. The van der Waals surface area contributed by atoms with Crippen molar-refractivity contribution in [2.24, 2.45) is 0 Å². The highest BCUT2D eigenvalue weighted by Gasteiger charge is 2.49. The first-order valence-electron chi connectivity index (χ1n) is 12.3. The molecule has 2 fully saturated rings. The molecule has 212 valence electrons. The Morgan fingerprint density at radius 1 is 1.10 bits per heavy atom. The van der Waals surface area contributed by atoms with E-state index >= 15 is 0 Å². The highest BCUT2D eigenvalue weighted by Crippen LogP contribution is 2.39. The smallest absolute Gasteiger partial charge is 0.349 e. The van der Waals surface area contributed by atoms with E-state index in [9.17, 15) is 35.2 Å². The highest BCUT2D eigenvalue weighted by atomic mass is 32.2. The van der Waals surface area contributed by atoms with Crippen molar-refractivity contribution in [3.8, 4) is 11.3 Å². The summed E-state index contributed by atoms with van der Waals surface area (Å²) in [5.41, 5.74) is 0.788. The SMILES string of the molecule is C[C@H]1[C@H](F)C[C@@H](C(=O)NCc2cc(-c3cnc(C(F)(F)F)nc3)nc(C3CC3)n2)N1S(=O)(=O)c1ccc(F)cc1. The normalized spacial score (nSPS) is 21.9. The second-order valence-corrected chi connectivity index (χ2v) is 11.5. The van der Waals surface area contributed by atoms with Gasteiger partial charge in [0.25, 0.3) is 0 Å². The van der Waals surface area contributed by atoms with E-state index in [2.05, 4.69) is 25.3 Å². The number of sulfonamides is 1. The molecular formula is C25H23F5N6O3S. The molecule has 0 unspecified atom stereocenters. The quantitative estimate of drug-likeness (QED) is 0.422. The highest BCUT2D eigenvalue weighted by molar-refractivity contribution is 7.89. The molecule has 0 bridgehead atoms. The fraction of sp³-hybridized carbons (Fsp3) is 0.400. The first-order valence-corrected chi connectivity index (χ1v) is 13.8. The monoisotopic (exact) mass is 582 g/mol. The topological polar surface area (TPSA) is 118 Å². The third-order valence-corrected chi connectivity index (χ3v) is 8.77. The third kappa shape index (κ3) is 5.66. The number of rotatable bonds is 7. The maximum absolute atomic E-state index is 14.7. The summed E-state index contributed by atoms with van der Waals surface area (Å²) in [4.78, 5) is 28.5. The summed E-state index contributed by atoms with van der Waals surface area (Å²) < 4.78 is 93.9. The molecule has 1 aliphatic carbocycles. The molecular weight excluding hydrogens is 559 g/mol. The first-order chi connectivity index (χ1) is 18.8. The molecule has 5 rings (SSSR count). The Morgan fingerprint density at radius 2 is 1.75 bits per heavy atom. The van der Waals surface area contributed by atoms with E-state index in [4.69, 9.17) is 0 Å². The number of halogens is 5. The predicted molar refractivity (Wildman–Crippen MR) is 130 cm³/mol. The number of carbonyl (C=O) groups excluding carboxylic acids is 1. The van der Waals surface area contributed by atoms with Crippen molar-refractivity contribution in [3.05, 3.63) is 65.9 Å². The summed E-state index contributed by atoms with van der Waals surface area (Å²) in [6.45, 7) is 1.17. The number of nitrogens with zero attached hydrogens (tertiary/aromatic N) is 5. The lowest BCUT2D eigenvalue weighted by Crippen LogP contribution is -2.48. The van der Waals surface area contributed by atoms with Crippen molar-refractivity contribution < 1.29 is 35.2 Å².